The molecule has 19 rings (SSSR count). The van der Waals surface area contributed by atoms with Crippen LogP contribution < -0.4 is 15.8 Å². The highest BCUT2D eigenvalue weighted by atomic mass is 33.1. The van der Waals surface area contributed by atoms with E-state index in [4.69, 9.17) is 20.2 Å². The van der Waals surface area contributed by atoms with Crippen LogP contribution in [-0.4, -0.2) is 73.5 Å². The van der Waals surface area contributed by atoms with Crippen LogP contribution in [0.5, 0.6) is 11.5 Å². The molecule has 10 nitrogen and oxygen atoms in total. The van der Waals surface area contributed by atoms with Crippen LogP contribution in [0.25, 0.3) is 0 Å². The molecule has 17 aliphatic rings. The minimum Gasteiger partial charge on any atom is -0.504 e. The first-order valence-corrected chi connectivity index (χ1v) is 33.9. The molecule has 422 valence electrons. The summed E-state index contributed by atoms with van der Waals surface area (Å²) in [4.78, 5) is 36.0. The van der Waals surface area contributed by atoms with Crippen molar-refractivity contribution >= 4 is 39.4 Å². The molecule has 5 N–H and O–H groups in total. The van der Waals surface area contributed by atoms with Gasteiger partial charge in [0.15, 0.2) is 17.5 Å². The number of aromatic hydroxyl groups is 1. The summed E-state index contributed by atoms with van der Waals surface area (Å²) in [6.45, 7) is 2.73. The Morgan fingerprint density at radius 2 is 1.77 bits per heavy atom. The van der Waals surface area contributed by atoms with Gasteiger partial charge in [-0.1, -0.05) is 82.8 Å². The molecule has 2 aromatic carbocycles. The van der Waals surface area contributed by atoms with Crippen LogP contribution in [0.1, 0.15) is 208 Å². The number of benzene rings is 2. The third kappa shape index (κ3) is 7.98. The van der Waals surface area contributed by atoms with Gasteiger partial charge in [0.25, 0.3) is 0 Å². The number of hydrogen-bond donors (Lipinski definition) is 4. The number of aliphatic hydroxyl groups is 1. The van der Waals surface area contributed by atoms with Crippen molar-refractivity contribution in [3.05, 3.63) is 70.8 Å². The van der Waals surface area contributed by atoms with Crippen molar-refractivity contribution in [2.45, 2.75) is 226 Å². The average Bonchev–Trinajstić information content (AvgIpc) is 3.99. The fraction of sp³-hybridized carbons (Fsp3) is 0.716. The molecule has 16 atom stereocenters. The zero-order chi connectivity index (χ0) is 53.6. The number of aryl methyl sites for hydroxylation is 1. The Morgan fingerprint density at radius 3 is 2.62 bits per heavy atom. The van der Waals surface area contributed by atoms with E-state index in [2.05, 4.69) is 87.3 Å². The van der Waals surface area contributed by atoms with Crippen LogP contribution >= 0.6 is 21.6 Å². The maximum absolute atomic E-state index is 15.3. The zero-order valence-electron chi connectivity index (χ0n) is 46.9. The summed E-state index contributed by atoms with van der Waals surface area (Å²) in [6.07, 6.45) is 31.5. The molecular weight excluding hydrogens is 1020 g/mol. The number of phenolic OH excluding ortho intramolecular Hbond substituents is 1. The second-order valence-corrected chi connectivity index (χ2v) is 31.4. The van der Waals surface area contributed by atoms with Gasteiger partial charge in [-0.3, -0.25) is 14.6 Å². The Labute approximate surface area is 477 Å². The van der Waals surface area contributed by atoms with Crippen molar-refractivity contribution < 1.29 is 29.3 Å². The highest BCUT2D eigenvalue weighted by molar-refractivity contribution is 8.77. The number of allylic oxidation sites excluding steroid dienone is 1. The first-order chi connectivity index (χ1) is 38.3. The van der Waals surface area contributed by atoms with Crippen molar-refractivity contribution in [1.82, 2.24) is 10.2 Å². The molecule has 8 heterocycles. The normalized spacial score (nSPS) is 44.3. The maximum Gasteiger partial charge on any atom is 0.303 e. The topological polar surface area (TPSA) is 147 Å². The summed E-state index contributed by atoms with van der Waals surface area (Å²) in [5.74, 6) is 12.0. The lowest BCUT2D eigenvalue weighted by atomic mass is 9.49. The summed E-state index contributed by atoms with van der Waals surface area (Å²) in [7, 11) is 4.25. The number of amides is 1. The van der Waals surface area contributed by atoms with Gasteiger partial charge in [-0.25, -0.2) is 0 Å². The summed E-state index contributed by atoms with van der Waals surface area (Å²) in [6, 6.07) is 13.1. The van der Waals surface area contributed by atoms with Crippen LogP contribution in [0, 0.1) is 69.0 Å². The van der Waals surface area contributed by atoms with E-state index in [1.165, 1.54) is 70.3 Å². The van der Waals surface area contributed by atoms with E-state index in [9.17, 15) is 15.0 Å². The van der Waals surface area contributed by atoms with Gasteiger partial charge in [-0.2, -0.15) is 0 Å². The Kier molecular flexibility index (Phi) is 12.6. The van der Waals surface area contributed by atoms with Crippen molar-refractivity contribution in [2.75, 3.05) is 13.1 Å². The SMILES string of the molecule is CC(=O)O[C@@]12CCc3cc(c(O)c4c3[C@H]3CC[C@@]5(CCC[C@H]5C3)O4)CN3C[C@]4(CC3=O)[C@@H](c3ccccc3)CC[C@@]43C#CC[C@H]4CC[C@]5(CCC[C@@]5(NC(N)=NC3)SS[C@H]3C=C[C@H]5[C@H](CC[C@@H]3C53CCCC3)[C@@H](CC1)[C@H](O)C2)C4. The van der Waals surface area contributed by atoms with E-state index >= 15 is 4.79 Å². The van der Waals surface area contributed by atoms with Gasteiger partial charge >= 0.3 is 5.97 Å². The fourth-order valence-corrected chi connectivity index (χ4v) is 26.0. The summed E-state index contributed by atoms with van der Waals surface area (Å²) in [5, 5.41) is 30.2. The number of aliphatic hydroxyl groups excluding tert-OH is 1. The van der Waals surface area contributed by atoms with E-state index in [0.717, 1.165) is 107 Å². The molecule has 0 unspecified atom stereocenters. The van der Waals surface area contributed by atoms with Gasteiger partial charge in [0, 0.05) is 66.5 Å². The molecule has 9 aliphatic carbocycles. The van der Waals surface area contributed by atoms with Gasteiger partial charge < -0.3 is 35.6 Å². The smallest absolute Gasteiger partial charge is 0.303 e. The lowest BCUT2D eigenvalue weighted by molar-refractivity contribution is -0.172. The molecule has 0 aromatic heterocycles. The lowest BCUT2D eigenvalue weighted by Gasteiger charge is -2.58. The van der Waals surface area contributed by atoms with Gasteiger partial charge in [-0.05, 0) is 211 Å². The Hall–Kier alpha value is -3.79. The predicted molar refractivity (Wildman–Crippen MR) is 312 cm³/mol. The molecule has 1 amide bonds. The van der Waals surface area contributed by atoms with Gasteiger partial charge in [0.1, 0.15) is 16.1 Å². The minimum absolute atomic E-state index is 0.0752. The first-order valence-electron chi connectivity index (χ1n) is 31.7. The number of fused-ring (bicyclic) bond motifs is 4. The van der Waals surface area contributed by atoms with Crippen LogP contribution in [0.4, 0.5) is 0 Å². The molecule has 1 saturated heterocycles. The number of nitrogens with zero attached hydrogens (tertiary/aromatic N) is 2. The second kappa shape index (κ2) is 19.1. The molecule has 9 fully saturated rings. The molecular formula is C67H86N4O6S2. The maximum atomic E-state index is 15.3. The van der Waals surface area contributed by atoms with E-state index < -0.39 is 22.5 Å². The number of nitrogens with two attached hydrogens (primary N) is 1. The van der Waals surface area contributed by atoms with Crippen molar-refractivity contribution in [2.24, 2.45) is 67.9 Å². The van der Waals surface area contributed by atoms with E-state index in [1.54, 1.807) is 0 Å². The number of aliphatic imine (C=N–C) groups is 1. The summed E-state index contributed by atoms with van der Waals surface area (Å²) < 4.78 is 13.9. The Bertz CT molecular complexity index is 2920. The quantitative estimate of drug-likeness (QED) is 0.0992. The number of carbonyl (C=O) groups excluding carboxylic acids is 2. The monoisotopic (exact) mass is 1110 g/mol. The molecule has 12 heteroatoms. The molecule has 0 radical (unpaired) electrons. The third-order valence-electron chi connectivity index (χ3n) is 25.4. The standard InChI is InChI=1S/C67H86N4O6S2/c1-42(72)76-63-31-19-45-34-47(58(75)59-57(45)46-20-33-66(77-59)27-8-13-48(66)35-46)39-71-41-65(38-56(71)74)51(44-11-3-2-4-12-44)22-30-62(65)23-7-10-43-18-29-61(36-43)24-9-28-67(61,70-60(68)69-40-62)79-78-55-17-16-52-49(50(21-32-63)54(73)37-63)14-15-53(55)64(52)25-5-6-26-64/h2-4,11-12,16-17,34,43,46,48-55,73,75H,5-6,8-10,13-15,18-22,24-33,35-41H2,1H3,(H3,68,69,70)/t43-,46-,48-,49+,50+,51+,52-,53-,54+,55-,61+,62+,63-,65+,66+,67+/m0/s1. The Morgan fingerprint density at radius 1 is 0.899 bits per heavy atom. The van der Waals surface area contributed by atoms with Crippen LogP contribution in [0.2, 0.25) is 0 Å². The largest absolute Gasteiger partial charge is 0.504 e. The average molecular weight is 1110 g/mol. The van der Waals surface area contributed by atoms with Crippen molar-refractivity contribution in [1.29, 1.82) is 0 Å². The van der Waals surface area contributed by atoms with Crippen LogP contribution in [-0.2, 0) is 27.3 Å². The first kappa shape index (κ1) is 52.0. The van der Waals surface area contributed by atoms with E-state index in [1.807, 2.05) is 4.90 Å². The number of guanidine groups is 1. The summed E-state index contributed by atoms with van der Waals surface area (Å²) >= 11 is 0. The minimum atomic E-state index is -0.813. The predicted octanol–water partition coefficient (Wildman–Crippen LogP) is 12.8. The third-order valence-corrected chi connectivity index (χ3v) is 29.0. The molecule has 8 saturated carbocycles. The van der Waals surface area contributed by atoms with Crippen molar-refractivity contribution in [3.63, 3.8) is 0 Å². The van der Waals surface area contributed by atoms with Gasteiger partial charge in [0.2, 0.25) is 5.91 Å². The lowest BCUT2D eigenvalue weighted by Crippen LogP contribution is -2.56. The van der Waals surface area contributed by atoms with Gasteiger partial charge in [-0.15, -0.1) is 5.92 Å². The number of nitrogens with one attached hydrogen (secondary N) is 1. The van der Waals surface area contributed by atoms with Gasteiger partial charge in [0.05, 0.1) is 18.1 Å². The molecule has 2 aromatic rings. The zero-order valence-corrected chi connectivity index (χ0v) is 48.6. The number of esters is 1. The molecule has 16 bridgehead atoms. The number of ether oxygens (including phenoxy) is 2. The van der Waals surface area contributed by atoms with E-state index in [0.29, 0.717) is 85.3 Å². The van der Waals surface area contributed by atoms with E-state index in [-0.39, 0.29) is 63.2 Å². The highest BCUT2D eigenvalue weighted by Gasteiger charge is 2.66. The number of phenols is 1. The fourth-order valence-electron chi connectivity index (χ4n) is 21.9. The molecule has 79 heavy (non-hydrogen) atoms. The summed E-state index contributed by atoms with van der Waals surface area (Å²) in [5.41, 5.74) is 9.70. The van der Waals surface area contributed by atoms with Crippen LogP contribution in [0.3, 0.4) is 0 Å². The number of carbonyl (C=O) groups is 2. The van der Waals surface area contributed by atoms with Crippen LogP contribution in [0.15, 0.2) is 53.5 Å². The second-order valence-electron chi connectivity index (χ2n) is 28.7. The molecule has 6 spiro atoms. The number of rotatable bonds is 2. The Balaban J connectivity index is 0.874. The molecule has 8 aliphatic heterocycles. The van der Waals surface area contributed by atoms with Crippen molar-refractivity contribution in [3.8, 4) is 23.3 Å². The highest BCUT2D eigenvalue weighted by Crippen LogP contribution is 2.70. The number of hydrogen-bond acceptors (Lipinski definition) is 11.